The summed E-state index contributed by atoms with van der Waals surface area (Å²) in [5, 5.41) is 4.50. The number of furan rings is 1. The first kappa shape index (κ1) is 20.5. The molecule has 3 aromatic rings. The number of aryl methyl sites for hydroxylation is 3. The lowest BCUT2D eigenvalue weighted by molar-refractivity contribution is -0.111. The Morgan fingerprint density at radius 1 is 1.27 bits per heavy atom. The molecule has 4 nitrogen and oxygen atoms in total. The highest BCUT2D eigenvalue weighted by Gasteiger charge is 2.23. The number of benzene rings is 2. The largest absolute Gasteiger partial charge is 0.493 e. The van der Waals surface area contributed by atoms with Gasteiger partial charge in [0.15, 0.2) is 0 Å². The summed E-state index contributed by atoms with van der Waals surface area (Å²) in [6.45, 7) is 6.47. The molecule has 0 radical (unpaired) electrons. The molecule has 1 N–H and O–H groups in total. The van der Waals surface area contributed by atoms with Gasteiger partial charge in [-0.3, -0.25) is 4.79 Å². The monoisotopic (exact) mass is 423 g/mol. The molecule has 1 amide bonds. The van der Waals surface area contributed by atoms with Crippen LogP contribution in [-0.4, -0.2) is 12.5 Å². The normalized spacial score (nSPS) is 13.9. The fourth-order valence-electron chi connectivity index (χ4n) is 4.17. The van der Waals surface area contributed by atoms with Crippen LogP contribution in [0.2, 0.25) is 5.02 Å². The molecule has 1 aliphatic carbocycles. The quantitative estimate of drug-likeness (QED) is 0.463. The van der Waals surface area contributed by atoms with Crippen molar-refractivity contribution in [3.05, 3.63) is 63.9 Å². The third-order valence-corrected chi connectivity index (χ3v) is 5.95. The van der Waals surface area contributed by atoms with Crippen LogP contribution >= 0.6 is 11.6 Å². The molecule has 0 aliphatic heterocycles. The Balaban J connectivity index is 1.76. The van der Waals surface area contributed by atoms with Crippen molar-refractivity contribution in [1.29, 1.82) is 0 Å². The molecule has 156 valence electrons. The van der Waals surface area contributed by atoms with Crippen LogP contribution in [0.4, 0.5) is 5.69 Å². The first-order valence-electron chi connectivity index (χ1n) is 10.4. The average molecular weight is 424 g/mol. The number of para-hydroxylation sites is 1. The number of carbonyl (C=O) groups is 1. The molecule has 0 saturated carbocycles. The first-order valence-corrected chi connectivity index (χ1v) is 10.8. The van der Waals surface area contributed by atoms with Gasteiger partial charge in [0.1, 0.15) is 17.1 Å². The van der Waals surface area contributed by atoms with Crippen LogP contribution < -0.4 is 10.1 Å². The zero-order chi connectivity index (χ0) is 21.3. The van der Waals surface area contributed by atoms with Crippen LogP contribution in [0.5, 0.6) is 5.75 Å². The van der Waals surface area contributed by atoms with E-state index in [9.17, 15) is 4.79 Å². The molecule has 1 aliphatic rings. The number of rotatable bonds is 5. The van der Waals surface area contributed by atoms with Crippen LogP contribution in [0.1, 0.15) is 49.1 Å². The maximum atomic E-state index is 12.6. The first-order chi connectivity index (χ1) is 14.5. The molecule has 4 rings (SSSR count). The molecule has 1 heterocycles. The van der Waals surface area contributed by atoms with Gasteiger partial charge in [0.05, 0.1) is 17.3 Å². The highest BCUT2D eigenvalue weighted by Crippen LogP contribution is 2.41. The second kappa shape index (κ2) is 8.57. The number of halogens is 1. The van der Waals surface area contributed by atoms with Crippen molar-refractivity contribution in [2.45, 2.75) is 46.5 Å². The molecule has 0 unspecified atom stereocenters. The molecule has 0 fully saturated rings. The Morgan fingerprint density at radius 2 is 2.03 bits per heavy atom. The zero-order valence-corrected chi connectivity index (χ0v) is 18.4. The summed E-state index contributed by atoms with van der Waals surface area (Å²) in [6.07, 6.45) is 5.96. The molecule has 1 aromatic heterocycles. The number of hydrogen-bond acceptors (Lipinski definition) is 3. The fourth-order valence-corrected chi connectivity index (χ4v) is 4.35. The van der Waals surface area contributed by atoms with Gasteiger partial charge in [0, 0.05) is 34.6 Å². The van der Waals surface area contributed by atoms with Crippen LogP contribution in [0, 0.1) is 6.92 Å². The Labute approximate surface area is 181 Å². The Bertz CT molecular complexity index is 1140. The van der Waals surface area contributed by atoms with Crippen molar-refractivity contribution in [1.82, 2.24) is 0 Å². The van der Waals surface area contributed by atoms with E-state index in [1.807, 2.05) is 32.9 Å². The maximum absolute atomic E-state index is 12.6. The van der Waals surface area contributed by atoms with E-state index in [-0.39, 0.29) is 5.91 Å². The maximum Gasteiger partial charge on any atom is 0.248 e. The summed E-state index contributed by atoms with van der Waals surface area (Å²) < 4.78 is 12.2. The van der Waals surface area contributed by atoms with Gasteiger partial charge in [-0.1, -0.05) is 23.7 Å². The summed E-state index contributed by atoms with van der Waals surface area (Å²) in [5.74, 6) is 1.64. The van der Waals surface area contributed by atoms with Gasteiger partial charge < -0.3 is 14.5 Å². The van der Waals surface area contributed by atoms with Gasteiger partial charge in [-0.05, 0) is 63.8 Å². The van der Waals surface area contributed by atoms with Gasteiger partial charge in [-0.25, -0.2) is 0 Å². The van der Waals surface area contributed by atoms with E-state index in [1.54, 1.807) is 18.2 Å². The predicted octanol–water partition coefficient (Wildman–Crippen LogP) is 6.71. The number of amides is 1. The number of nitrogens with one attached hydrogen (secondary N) is 1. The average Bonchev–Trinajstić information content (AvgIpc) is 3.10. The van der Waals surface area contributed by atoms with Crippen molar-refractivity contribution in [2.75, 3.05) is 11.9 Å². The standard InChI is InChI=1S/C25H26ClNO3/c1-4-29-24-16(3)25-19(17-9-5-8-12-22(17)30-25)14-18(24)15(2)13-23(28)27-21-11-7-6-10-20(21)26/h6-7,10-11,13-14H,4-5,8-9,12H2,1-3H3,(H,27,28)/b15-13+. The lowest BCUT2D eigenvalue weighted by atomic mass is 9.93. The van der Waals surface area contributed by atoms with Crippen molar-refractivity contribution >= 4 is 39.7 Å². The molecular weight excluding hydrogens is 398 g/mol. The number of hydrogen-bond donors (Lipinski definition) is 1. The van der Waals surface area contributed by atoms with E-state index >= 15 is 0 Å². The topological polar surface area (TPSA) is 51.5 Å². The molecule has 5 heteroatoms. The summed E-state index contributed by atoms with van der Waals surface area (Å²) in [6, 6.07) is 9.32. The van der Waals surface area contributed by atoms with Crippen LogP contribution in [0.25, 0.3) is 16.5 Å². The number of allylic oxidation sites excluding steroid dienone is 1. The molecule has 2 aromatic carbocycles. The smallest absolute Gasteiger partial charge is 0.248 e. The van der Waals surface area contributed by atoms with E-state index in [0.717, 1.165) is 58.4 Å². The van der Waals surface area contributed by atoms with E-state index in [2.05, 4.69) is 11.4 Å². The van der Waals surface area contributed by atoms with Gasteiger partial charge >= 0.3 is 0 Å². The van der Waals surface area contributed by atoms with Gasteiger partial charge in [-0.15, -0.1) is 0 Å². The van der Waals surface area contributed by atoms with Gasteiger partial charge in [-0.2, -0.15) is 0 Å². The van der Waals surface area contributed by atoms with Gasteiger partial charge in [0.2, 0.25) is 5.91 Å². The van der Waals surface area contributed by atoms with Crippen LogP contribution in [-0.2, 0) is 17.6 Å². The number of carbonyl (C=O) groups excluding carboxylic acids is 1. The minimum atomic E-state index is -0.227. The molecule has 0 atom stereocenters. The summed E-state index contributed by atoms with van der Waals surface area (Å²) in [4.78, 5) is 12.6. The minimum absolute atomic E-state index is 0.227. The number of anilines is 1. The zero-order valence-electron chi connectivity index (χ0n) is 17.6. The van der Waals surface area contributed by atoms with E-state index in [0.29, 0.717) is 17.3 Å². The molecule has 0 bridgehead atoms. The number of ether oxygens (including phenoxy) is 1. The molecular formula is C25H26ClNO3. The molecule has 0 saturated heterocycles. The second-order valence-corrected chi connectivity index (χ2v) is 8.10. The summed E-state index contributed by atoms with van der Waals surface area (Å²) in [5.41, 5.74) is 5.54. The highest BCUT2D eigenvalue weighted by atomic mass is 35.5. The third kappa shape index (κ3) is 3.84. The second-order valence-electron chi connectivity index (χ2n) is 7.70. The molecule has 0 spiro atoms. The Hall–Kier alpha value is -2.72. The summed E-state index contributed by atoms with van der Waals surface area (Å²) >= 11 is 6.16. The lowest BCUT2D eigenvalue weighted by Gasteiger charge is -2.15. The lowest BCUT2D eigenvalue weighted by Crippen LogP contribution is -2.09. The predicted molar refractivity (Wildman–Crippen MR) is 122 cm³/mol. The Kier molecular flexibility index (Phi) is 5.87. The van der Waals surface area contributed by atoms with Crippen molar-refractivity contribution in [3.63, 3.8) is 0 Å². The number of fused-ring (bicyclic) bond motifs is 3. The van der Waals surface area contributed by atoms with Crippen LogP contribution in [0.3, 0.4) is 0 Å². The SMILES string of the molecule is CCOc1c(/C(C)=C/C(=O)Nc2ccccc2Cl)cc2c3c(oc2c1C)CCCC3. The molecule has 30 heavy (non-hydrogen) atoms. The third-order valence-electron chi connectivity index (χ3n) is 5.62. The van der Waals surface area contributed by atoms with E-state index in [4.69, 9.17) is 20.8 Å². The van der Waals surface area contributed by atoms with Gasteiger partial charge in [0.25, 0.3) is 0 Å². The minimum Gasteiger partial charge on any atom is -0.493 e. The van der Waals surface area contributed by atoms with Crippen molar-refractivity contribution in [2.24, 2.45) is 0 Å². The van der Waals surface area contributed by atoms with Crippen molar-refractivity contribution < 1.29 is 13.9 Å². The van der Waals surface area contributed by atoms with E-state index in [1.165, 1.54) is 12.0 Å². The van der Waals surface area contributed by atoms with E-state index < -0.39 is 0 Å². The summed E-state index contributed by atoms with van der Waals surface area (Å²) in [7, 11) is 0. The fraction of sp³-hybridized carbons (Fsp3) is 0.320. The Morgan fingerprint density at radius 3 is 2.80 bits per heavy atom. The highest BCUT2D eigenvalue weighted by molar-refractivity contribution is 6.33. The van der Waals surface area contributed by atoms with Crippen LogP contribution in [0.15, 0.2) is 40.8 Å². The van der Waals surface area contributed by atoms with Crippen molar-refractivity contribution in [3.8, 4) is 5.75 Å².